The van der Waals surface area contributed by atoms with Crippen molar-refractivity contribution in [2.75, 3.05) is 0 Å². The molecular formula is C12H15BrN4. The van der Waals surface area contributed by atoms with Crippen LogP contribution in [0.15, 0.2) is 35.1 Å². The van der Waals surface area contributed by atoms with Crippen LogP contribution in [-0.4, -0.2) is 14.8 Å². The molecule has 1 aromatic carbocycles. The van der Waals surface area contributed by atoms with E-state index in [4.69, 9.17) is 0 Å². The number of nitrogens with zero attached hydrogens (tertiary/aromatic N) is 3. The lowest BCUT2D eigenvalue weighted by Gasteiger charge is -2.05. The summed E-state index contributed by atoms with van der Waals surface area (Å²) in [4.78, 5) is 0. The molecule has 0 saturated heterocycles. The molecule has 90 valence electrons. The van der Waals surface area contributed by atoms with Gasteiger partial charge in [-0.05, 0) is 24.6 Å². The predicted octanol–water partition coefficient (Wildman–Crippen LogP) is 2.35. The normalized spacial score (nSPS) is 10.7. The monoisotopic (exact) mass is 294 g/mol. The average molecular weight is 295 g/mol. The number of halogens is 1. The summed E-state index contributed by atoms with van der Waals surface area (Å²) in [5.74, 6) is 0.976. The molecule has 0 unspecified atom stereocenters. The fourth-order valence-corrected chi connectivity index (χ4v) is 1.87. The van der Waals surface area contributed by atoms with E-state index in [1.807, 2.05) is 16.7 Å². The molecule has 0 amide bonds. The van der Waals surface area contributed by atoms with Crippen LogP contribution in [0.4, 0.5) is 0 Å². The van der Waals surface area contributed by atoms with Gasteiger partial charge in [0.2, 0.25) is 0 Å². The molecule has 4 nitrogen and oxygen atoms in total. The van der Waals surface area contributed by atoms with Crippen molar-refractivity contribution >= 4 is 15.9 Å². The first-order chi connectivity index (χ1) is 8.29. The van der Waals surface area contributed by atoms with Gasteiger partial charge in [-0.25, -0.2) is 0 Å². The van der Waals surface area contributed by atoms with E-state index < -0.39 is 0 Å². The van der Waals surface area contributed by atoms with Crippen LogP contribution in [0.1, 0.15) is 18.3 Å². The summed E-state index contributed by atoms with van der Waals surface area (Å²) in [5.41, 5.74) is 1.26. The zero-order valence-electron chi connectivity index (χ0n) is 9.73. The Labute approximate surface area is 109 Å². The van der Waals surface area contributed by atoms with Crippen LogP contribution < -0.4 is 5.32 Å². The van der Waals surface area contributed by atoms with E-state index in [0.717, 1.165) is 29.9 Å². The maximum Gasteiger partial charge on any atom is 0.146 e. The maximum absolute atomic E-state index is 4.08. The lowest BCUT2D eigenvalue weighted by molar-refractivity contribution is 0.612. The van der Waals surface area contributed by atoms with Gasteiger partial charge in [-0.3, -0.25) is 0 Å². The second kappa shape index (κ2) is 5.93. The maximum atomic E-state index is 4.08. The van der Waals surface area contributed by atoms with Crippen LogP contribution in [-0.2, 0) is 19.6 Å². The summed E-state index contributed by atoms with van der Waals surface area (Å²) in [6, 6.07) is 8.29. The summed E-state index contributed by atoms with van der Waals surface area (Å²) in [5, 5.41) is 11.3. The zero-order chi connectivity index (χ0) is 12.1. The van der Waals surface area contributed by atoms with E-state index in [0.29, 0.717) is 0 Å². The van der Waals surface area contributed by atoms with Crippen molar-refractivity contribution in [1.82, 2.24) is 20.1 Å². The molecule has 0 aliphatic rings. The highest BCUT2D eigenvalue weighted by molar-refractivity contribution is 9.10. The molecule has 1 N–H and O–H groups in total. The van der Waals surface area contributed by atoms with Crippen molar-refractivity contribution in [3.63, 3.8) is 0 Å². The number of aryl methyl sites for hydroxylation is 1. The molecule has 0 fully saturated rings. The van der Waals surface area contributed by atoms with Gasteiger partial charge in [0.1, 0.15) is 12.2 Å². The lowest BCUT2D eigenvalue weighted by Crippen LogP contribution is -2.16. The van der Waals surface area contributed by atoms with Gasteiger partial charge in [0.05, 0.1) is 6.54 Å². The Bertz CT molecular complexity index is 464. The van der Waals surface area contributed by atoms with Crippen LogP contribution in [0.2, 0.25) is 0 Å². The van der Waals surface area contributed by atoms with Gasteiger partial charge in [-0.15, -0.1) is 10.2 Å². The highest BCUT2D eigenvalue weighted by atomic mass is 79.9. The molecule has 0 aliphatic carbocycles. The largest absolute Gasteiger partial charge is 0.317 e. The van der Waals surface area contributed by atoms with Gasteiger partial charge in [0.15, 0.2) is 0 Å². The van der Waals surface area contributed by atoms with E-state index in [1.165, 1.54) is 5.56 Å². The molecule has 2 aromatic rings. The smallest absolute Gasteiger partial charge is 0.146 e. The van der Waals surface area contributed by atoms with Crippen molar-refractivity contribution < 1.29 is 0 Å². The van der Waals surface area contributed by atoms with Crippen LogP contribution in [0.5, 0.6) is 0 Å². The summed E-state index contributed by atoms with van der Waals surface area (Å²) in [7, 11) is 0. The molecule has 0 atom stereocenters. The number of hydrogen-bond acceptors (Lipinski definition) is 3. The first kappa shape index (κ1) is 12.3. The molecule has 0 saturated carbocycles. The van der Waals surface area contributed by atoms with Crippen LogP contribution in [0.3, 0.4) is 0 Å². The number of nitrogens with one attached hydrogen (secondary N) is 1. The second-order valence-corrected chi connectivity index (χ2v) is 4.68. The molecule has 1 aromatic heterocycles. The topological polar surface area (TPSA) is 42.7 Å². The van der Waals surface area contributed by atoms with Gasteiger partial charge < -0.3 is 9.88 Å². The SMILES string of the molecule is CCn1cnnc1CNCc1ccc(Br)cc1. The molecule has 1 heterocycles. The van der Waals surface area contributed by atoms with Crippen molar-refractivity contribution in [2.24, 2.45) is 0 Å². The quantitative estimate of drug-likeness (QED) is 0.920. The van der Waals surface area contributed by atoms with Crippen molar-refractivity contribution in [3.8, 4) is 0 Å². The first-order valence-electron chi connectivity index (χ1n) is 5.61. The lowest BCUT2D eigenvalue weighted by atomic mass is 10.2. The number of rotatable bonds is 5. The van der Waals surface area contributed by atoms with Crippen LogP contribution in [0, 0.1) is 0 Å². The number of hydrogen-bond donors (Lipinski definition) is 1. The van der Waals surface area contributed by atoms with E-state index in [9.17, 15) is 0 Å². The molecule has 17 heavy (non-hydrogen) atoms. The van der Waals surface area contributed by atoms with Crippen molar-refractivity contribution in [2.45, 2.75) is 26.6 Å². The Hall–Kier alpha value is -1.20. The summed E-state index contributed by atoms with van der Waals surface area (Å²) in [6.45, 7) is 4.57. The average Bonchev–Trinajstić information content (AvgIpc) is 2.79. The summed E-state index contributed by atoms with van der Waals surface area (Å²) in [6.07, 6.45) is 1.76. The third-order valence-electron chi connectivity index (χ3n) is 2.56. The third-order valence-corrected chi connectivity index (χ3v) is 3.09. The number of benzene rings is 1. The third kappa shape index (κ3) is 3.38. The Morgan fingerprint density at radius 1 is 1.24 bits per heavy atom. The van der Waals surface area contributed by atoms with E-state index >= 15 is 0 Å². The minimum atomic E-state index is 0.740. The summed E-state index contributed by atoms with van der Waals surface area (Å²) >= 11 is 3.42. The Morgan fingerprint density at radius 2 is 2.00 bits per heavy atom. The summed E-state index contributed by atoms with van der Waals surface area (Å²) < 4.78 is 3.14. The van der Waals surface area contributed by atoms with E-state index in [2.05, 4.69) is 50.5 Å². The predicted molar refractivity (Wildman–Crippen MR) is 70.4 cm³/mol. The Balaban J connectivity index is 1.85. The standard InChI is InChI=1S/C12H15BrN4/c1-2-17-9-15-16-12(17)8-14-7-10-3-5-11(13)6-4-10/h3-6,9,14H,2,7-8H2,1H3. The highest BCUT2D eigenvalue weighted by Gasteiger charge is 2.01. The Kier molecular flexibility index (Phi) is 4.28. The van der Waals surface area contributed by atoms with E-state index in [1.54, 1.807) is 6.33 Å². The molecule has 0 aliphatic heterocycles. The first-order valence-corrected chi connectivity index (χ1v) is 6.40. The van der Waals surface area contributed by atoms with Gasteiger partial charge in [-0.2, -0.15) is 0 Å². The zero-order valence-corrected chi connectivity index (χ0v) is 11.3. The van der Waals surface area contributed by atoms with Crippen molar-refractivity contribution in [1.29, 1.82) is 0 Å². The highest BCUT2D eigenvalue weighted by Crippen LogP contribution is 2.10. The van der Waals surface area contributed by atoms with Crippen molar-refractivity contribution in [3.05, 3.63) is 46.5 Å². The molecule has 5 heteroatoms. The molecule has 0 radical (unpaired) electrons. The molecule has 0 bridgehead atoms. The molecular weight excluding hydrogens is 280 g/mol. The van der Waals surface area contributed by atoms with Crippen LogP contribution in [0.25, 0.3) is 0 Å². The molecule has 0 spiro atoms. The minimum absolute atomic E-state index is 0.740. The van der Waals surface area contributed by atoms with Gasteiger partial charge in [0, 0.05) is 17.6 Å². The van der Waals surface area contributed by atoms with Gasteiger partial charge >= 0.3 is 0 Å². The minimum Gasteiger partial charge on any atom is -0.317 e. The van der Waals surface area contributed by atoms with Gasteiger partial charge in [0.25, 0.3) is 0 Å². The van der Waals surface area contributed by atoms with Gasteiger partial charge in [-0.1, -0.05) is 28.1 Å². The van der Waals surface area contributed by atoms with E-state index in [-0.39, 0.29) is 0 Å². The van der Waals surface area contributed by atoms with Crippen LogP contribution >= 0.6 is 15.9 Å². The number of aromatic nitrogens is 3. The second-order valence-electron chi connectivity index (χ2n) is 3.76. The fourth-order valence-electron chi connectivity index (χ4n) is 1.60. The molecule has 2 rings (SSSR count). The Morgan fingerprint density at radius 3 is 2.71 bits per heavy atom. The fraction of sp³-hybridized carbons (Fsp3) is 0.333.